The molecule has 1 N–H and O–H groups in total. The van der Waals surface area contributed by atoms with E-state index in [1.54, 1.807) is 48.4 Å². The fourth-order valence-corrected chi connectivity index (χ4v) is 3.84. The number of carbonyl (C=O) groups excluding carboxylic acids is 2. The maximum absolute atomic E-state index is 12.5. The molecule has 3 rings (SSSR count). The minimum absolute atomic E-state index is 0.0282. The van der Waals surface area contributed by atoms with Crippen LogP contribution in [0.4, 0.5) is 5.69 Å². The third-order valence-electron chi connectivity index (χ3n) is 5.81. The van der Waals surface area contributed by atoms with Crippen molar-refractivity contribution in [1.82, 2.24) is 15.1 Å². The number of carbonyl (C=O) groups is 2. The Bertz CT molecular complexity index is 1080. The van der Waals surface area contributed by atoms with Crippen LogP contribution in [0.25, 0.3) is 6.08 Å². The molecule has 0 aromatic heterocycles. The number of nitrogens with one attached hydrogen (secondary N) is 1. The van der Waals surface area contributed by atoms with E-state index >= 15 is 0 Å². The summed E-state index contributed by atoms with van der Waals surface area (Å²) >= 11 is 0. The molecule has 1 aliphatic heterocycles. The first-order valence-electron chi connectivity index (χ1n) is 11.4. The Hall–Kier alpha value is -3.92. The molecule has 1 saturated heterocycles. The number of nitro benzene ring substituents is 1. The standard InChI is InChI=1S/C25H30N4O6/c1-34-22-10-8-20(18-23(22)35-2)25(31)26-12-5-13-27-14-16-28(17-15-27)24(30)11-9-19-6-3-4-7-21(19)29(32)33/h3-4,6-11,18H,5,12-17H2,1-2H3,(H,26,31). The minimum atomic E-state index is -0.459. The molecule has 2 amide bonds. The Morgan fingerprint density at radius 2 is 1.77 bits per heavy atom. The van der Waals surface area contributed by atoms with Crippen LogP contribution < -0.4 is 14.8 Å². The lowest BCUT2D eigenvalue weighted by atomic mass is 10.1. The third-order valence-corrected chi connectivity index (χ3v) is 5.81. The Morgan fingerprint density at radius 1 is 1.06 bits per heavy atom. The topological polar surface area (TPSA) is 114 Å². The zero-order chi connectivity index (χ0) is 25.2. The van der Waals surface area contributed by atoms with Crippen LogP contribution in [-0.2, 0) is 4.79 Å². The lowest BCUT2D eigenvalue weighted by molar-refractivity contribution is -0.385. The minimum Gasteiger partial charge on any atom is -0.493 e. The van der Waals surface area contributed by atoms with Crippen molar-refractivity contribution in [2.75, 3.05) is 53.5 Å². The summed E-state index contributed by atoms with van der Waals surface area (Å²) in [6, 6.07) is 11.4. The molecule has 0 bridgehead atoms. The number of rotatable bonds is 10. The zero-order valence-corrected chi connectivity index (χ0v) is 19.9. The van der Waals surface area contributed by atoms with Crippen molar-refractivity contribution in [2.24, 2.45) is 0 Å². The fraction of sp³-hybridized carbons (Fsp3) is 0.360. The van der Waals surface area contributed by atoms with Gasteiger partial charge in [-0.25, -0.2) is 0 Å². The Kier molecular flexibility index (Phi) is 9.19. The monoisotopic (exact) mass is 482 g/mol. The molecule has 1 heterocycles. The number of methoxy groups -OCH3 is 2. The second kappa shape index (κ2) is 12.5. The average Bonchev–Trinajstić information content (AvgIpc) is 2.89. The van der Waals surface area contributed by atoms with Crippen LogP contribution in [0, 0.1) is 10.1 Å². The average molecular weight is 483 g/mol. The molecule has 35 heavy (non-hydrogen) atoms. The summed E-state index contributed by atoms with van der Waals surface area (Å²) < 4.78 is 10.4. The number of piperazine rings is 1. The third kappa shape index (κ3) is 7.03. The van der Waals surface area contributed by atoms with E-state index in [0.29, 0.717) is 42.3 Å². The van der Waals surface area contributed by atoms with Gasteiger partial charge in [0.05, 0.1) is 24.7 Å². The summed E-state index contributed by atoms with van der Waals surface area (Å²) in [6.07, 6.45) is 3.67. The van der Waals surface area contributed by atoms with Gasteiger partial charge in [0.1, 0.15) is 0 Å². The molecule has 0 radical (unpaired) electrons. The molecule has 1 fully saturated rings. The van der Waals surface area contributed by atoms with E-state index in [0.717, 1.165) is 26.1 Å². The van der Waals surface area contributed by atoms with E-state index in [1.165, 1.54) is 25.3 Å². The van der Waals surface area contributed by atoms with Crippen LogP contribution in [0.3, 0.4) is 0 Å². The van der Waals surface area contributed by atoms with Gasteiger partial charge in [0.15, 0.2) is 11.5 Å². The van der Waals surface area contributed by atoms with Gasteiger partial charge in [0.2, 0.25) is 5.91 Å². The summed E-state index contributed by atoms with van der Waals surface area (Å²) in [6.45, 7) is 3.96. The molecule has 0 aliphatic carbocycles. The van der Waals surface area contributed by atoms with Gasteiger partial charge >= 0.3 is 0 Å². The summed E-state index contributed by atoms with van der Waals surface area (Å²) in [5.74, 6) is 0.736. The number of hydrogen-bond acceptors (Lipinski definition) is 7. The van der Waals surface area contributed by atoms with E-state index in [2.05, 4.69) is 10.2 Å². The van der Waals surface area contributed by atoms with Crippen LogP contribution in [0.2, 0.25) is 0 Å². The summed E-state index contributed by atoms with van der Waals surface area (Å²) in [5, 5.41) is 14.0. The second-order valence-electron chi connectivity index (χ2n) is 8.00. The first-order chi connectivity index (χ1) is 16.9. The highest BCUT2D eigenvalue weighted by Gasteiger charge is 2.20. The molecule has 0 saturated carbocycles. The first kappa shape index (κ1) is 25.7. The quantitative estimate of drug-likeness (QED) is 0.240. The van der Waals surface area contributed by atoms with Gasteiger partial charge < -0.3 is 19.7 Å². The van der Waals surface area contributed by atoms with E-state index in [9.17, 15) is 19.7 Å². The smallest absolute Gasteiger partial charge is 0.276 e. The van der Waals surface area contributed by atoms with E-state index < -0.39 is 4.92 Å². The number of ether oxygens (including phenoxy) is 2. The summed E-state index contributed by atoms with van der Waals surface area (Å²) in [5.41, 5.74) is 0.878. The van der Waals surface area contributed by atoms with E-state index in [-0.39, 0.29) is 17.5 Å². The van der Waals surface area contributed by atoms with E-state index in [4.69, 9.17) is 9.47 Å². The van der Waals surface area contributed by atoms with Gasteiger partial charge in [-0.1, -0.05) is 12.1 Å². The number of para-hydroxylation sites is 1. The molecular formula is C25H30N4O6. The highest BCUT2D eigenvalue weighted by atomic mass is 16.6. The van der Waals surface area contributed by atoms with Crippen molar-refractivity contribution in [1.29, 1.82) is 0 Å². The van der Waals surface area contributed by atoms with Crippen LogP contribution in [-0.4, -0.2) is 80.0 Å². The first-order valence-corrected chi connectivity index (χ1v) is 11.4. The van der Waals surface area contributed by atoms with Crippen molar-refractivity contribution in [3.8, 4) is 11.5 Å². The van der Waals surface area contributed by atoms with Crippen molar-refractivity contribution in [3.63, 3.8) is 0 Å². The van der Waals surface area contributed by atoms with Crippen LogP contribution >= 0.6 is 0 Å². The zero-order valence-electron chi connectivity index (χ0n) is 19.9. The SMILES string of the molecule is COc1ccc(C(=O)NCCCN2CCN(C(=O)C=Cc3ccccc3[N+](=O)[O-])CC2)cc1OC. The Balaban J connectivity index is 1.39. The Morgan fingerprint density at radius 3 is 2.46 bits per heavy atom. The van der Waals surface area contributed by atoms with Crippen molar-refractivity contribution in [2.45, 2.75) is 6.42 Å². The molecule has 2 aromatic carbocycles. The number of amides is 2. The molecule has 1 aliphatic rings. The lowest BCUT2D eigenvalue weighted by Gasteiger charge is -2.34. The molecule has 10 heteroatoms. The van der Waals surface area contributed by atoms with Gasteiger partial charge in [-0.15, -0.1) is 0 Å². The normalized spacial score (nSPS) is 14.1. The number of nitrogens with zero attached hydrogens (tertiary/aromatic N) is 3. The highest BCUT2D eigenvalue weighted by molar-refractivity contribution is 5.95. The predicted octanol–water partition coefficient (Wildman–Crippen LogP) is 2.59. The second-order valence-corrected chi connectivity index (χ2v) is 8.00. The van der Waals surface area contributed by atoms with Gasteiger partial charge in [0, 0.05) is 50.4 Å². The predicted molar refractivity (Wildman–Crippen MR) is 132 cm³/mol. The molecule has 186 valence electrons. The summed E-state index contributed by atoms with van der Waals surface area (Å²) in [7, 11) is 3.07. The maximum atomic E-state index is 12.5. The van der Waals surface area contributed by atoms with Gasteiger partial charge in [0.25, 0.3) is 11.6 Å². The van der Waals surface area contributed by atoms with Gasteiger partial charge in [-0.3, -0.25) is 24.6 Å². The highest BCUT2D eigenvalue weighted by Crippen LogP contribution is 2.27. The van der Waals surface area contributed by atoms with Crippen molar-refractivity contribution in [3.05, 3.63) is 69.8 Å². The molecule has 0 atom stereocenters. The molecule has 2 aromatic rings. The van der Waals surface area contributed by atoms with Crippen molar-refractivity contribution >= 4 is 23.6 Å². The van der Waals surface area contributed by atoms with Crippen LogP contribution in [0.1, 0.15) is 22.3 Å². The van der Waals surface area contributed by atoms with Gasteiger partial charge in [-0.2, -0.15) is 0 Å². The molecule has 10 nitrogen and oxygen atoms in total. The van der Waals surface area contributed by atoms with Crippen LogP contribution in [0.5, 0.6) is 11.5 Å². The van der Waals surface area contributed by atoms with Crippen molar-refractivity contribution < 1.29 is 24.0 Å². The fourth-order valence-electron chi connectivity index (χ4n) is 3.84. The number of hydrogen-bond donors (Lipinski definition) is 1. The molecule has 0 unspecified atom stereocenters. The summed E-state index contributed by atoms with van der Waals surface area (Å²) in [4.78, 5) is 39.5. The molecule has 0 spiro atoms. The number of nitro groups is 1. The van der Waals surface area contributed by atoms with E-state index in [1.807, 2.05) is 0 Å². The maximum Gasteiger partial charge on any atom is 0.276 e. The lowest BCUT2D eigenvalue weighted by Crippen LogP contribution is -2.48. The largest absolute Gasteiger partial charge is 0.493 e. The van der Waals surface area contributed by atoms with Crippen LogP contribution in [0.15, 0.2) is 48.5 Å². The van der Waals surface area contributed by atoms with Gasteiger partial charge in [-0.05, 0) is 43.3 Å². The molecular weight excluding hydrogens is 452 g/mol. The Labute approximate surface area is 204 Å². The number of benzene rings is 2.